The predicted octanol–water partition coefficient (Wildman–Crippen LogP) is 3.91. The SMILES string of the molecule is CC.Cc1cc(O)ccc1-n1nc2ccc(O)cc2c1F. The van der Waals surface area contributed by atoms with Crippen LogP contribution >= 0.6 is 0 Å². The molecule has 110 valence electrons. The van der Waals surface area contributed by atoms with E-state index in [0.717, 1.165) is 0 Å². The first-order valence-corrected chi connectivity index (χ1v) is 6.73. The molecule has 1 heterocycles. The van der Waals surface area contributed by atoms with Gasteiger partial charge < -0.3 is 10.2 Å². The van der Waals surface area contributed by atoms with E-state index in [-0.39, 0.29) is 16.9 Å². The van der Waals surface area contributed by atoms with Gasteiger partial charge in [-0.3, -0.25) is 0 Å². The lowest BCUT2D eigenvalue weighted by Gasteiger charge is -2.06. The van der Waals surface area contributed by atoms with E-state index in [1.807, 2.05) is 13.8 Å². The van der Waals surface area contributed by atoms with Crippen LogP contribution in [0.25, 0.3) is 16.6 Å². The first kappa shape index (κ1) is 14.8. The number of rotatable bonds is 1. The third kappa shape index (κ3) is 2.67. The van der Waals surface area contributed by atoms with E-state index in [1.165, 1.54) is 22.9 Å². The summed E-state index contributed by atoms with van der Waals surface area (Å²) in [6, 6.07) is 8.97. The smallest absolute Gasteiger partial charge is 0.224 e. The number of benzene rings is 2. The zero-order chi connectivity index (χ0) is 15.6. The molecule has 0 aliphatic carbocycles. The molecule has 0 amide bonds. The van der Waals surface area contributed by atoms with Crippen LogP contribution in [0.2, 0.25) is 0 Å². The van der Waals surface area contributed by atoms with Gasteiger partial charge >= 0.3 is 0 Å². The molecule has 2 aromatic carbocycles. The van der Waals surface area contributed by atoms with E-state index < -0.39 is 5.95 Å². The van der Waals surface area contributed by atoms with Crippen molar-refractivity contribution in [3.63, 3.8) is 0 Å². The number of halogens is 1. The minimum absolute atomic E-state index is 0.00613. The number of hydrogen-bond acceptors (Lipinski definition) is 3. The molecule has 0 bridgehead atoms. The summed E-state index contributed by atoms with van der Waals surface area (Å²) in [6.07, 6.45) is 0. The summed E-state index contributed by atoms with van der Waals surface area (Å²) >= 11 is 0. The van der Waals surface area contributed by atoms with Crippen molar-refractivity contribution >= 4 is 10.9 Å². The van der Waals surface area contributed by atoms with E-state index in [1.54, 1.807) is 25.1 Å². The summed E-state index contributed by atoms with van der Waals surface area (Å²) in [7, 11) is 0. The number of fused-ring (bicyclic) bond motifs is 1. The highest BCUT2D eigenvalue weighted by Gasteiger charge is 2.14. The second kappa shape index (κ2) is 5.83. The number of aromatic nitrogens is 2. The maximum atomic E-state index is 14.3. The van der Waals surface area contributed by atoms with Crippen molar-refractivity contribution < 1.29 is 14.6 Å². The fourth-order valence-corrected chi connectivity index (χ4v) is 2.08. The number of hydrogen-bond donors (Lipinski definition) is 2. The average molecular weight is 288 g/mol. The summed E-state index contributed by atoms with van der Waals surface area (Å²) in [5, 5.41) is 23.2. The Bertz CT molecular complexity index is 781. The van der Waals surface area contributed by atoms with Gasteiger partial charge in [-0.05, 0) is 48.9 Å². The fraction of sp³-hybridized carbons (Fsp3) is 0.188. The molecule has 0 saturated heterocycles. The topological polar surface area (TPSA) is 58.3 Å². The maximum Gasteiger partial charge on any atom is 0.224 e. The summed E-state index contributed by atoms with van der Waals surface area (Å²) < 4.78 is 15.5. The van der Waals surface area contributed by atoms with Gasteiger partial charge in [0.25, 0.3) is 0 Å². The third-order valence-electron chi connectivity index (χ3n) is 3.00. The monoisotopic (exact) mass is 288 g/mol. The molecule has 4 nitrogen and oxygen atoms in total. The molecule has 0 saturated carbocycles. The molecule has 0 aliphatic heterocycles. The number of phenols is 2. The van der Waals surface area contributed by atoms with Crippen LogP contribution in [0, 0.1) is 12.9 Å². The maximum absolute atomic E-state index is 14.3. The molecule has 0 radical (unpaired) electrons. The predicted molar refractivity (Wildman–Crippen MR) is 80.4 cm³/mol. The van der Waals surface area contributed by atoms with E-state index >= 15 is 0 Å². The first-order chi connectivity index (χ1) is 10.1. The molecule has 3 rings (SSSR count). The highest BCUT2D eigenvalue weighted by molar-refractivity contribution is 5.81. The normalized spacial score (nSPS) is 10.3. The molecule has 2 N–H and O–H groups in total. The Hall–Kier alpha value is -2.56. The fourth-order valence-electron chi connectivity index (χ4n) is 2.08. The van der Waals surface area contributed by atoms with Gasteiger partial charge in [-0.1, -0.05) is 13.8 Å². The Morgan fingerprint density at radius 2 is 1.62 bits per heavy atom. The number of nitrogens with zero attached hydrogens (tertiary/aromatic N) is 2. The Kier molecular flexibility index (Phi) is 4.12. The zero-order valence-corrected chi connectivity index (χ0v) is 12.1. The van der Waals surface area contributed by atoms with E-state index in [0.29, 0.717) is 16.8 Å². The van der Waals surface area contributed by atoms with E-state index in [4.69, 9.17) is 0 Å². The lowest BCUT2D eigenvalue weighted by atomic mass is 10.2. The second-order valence-corrected chi connectivity index (χ2v) is 4.37. The van der Waals surface area contributed by atoms with Crippen LogP contribution in [-0.2, 0) is 0 Å². The molecule has 3 aromatic rings. The highest BCUT2D eigenvalue weighted by atomic mass is 19.1. The molecular formula is C16H17FN2O2. The van der Waals surface area contributed by atoms with Gasteiger partial charge in [-0.15, -0.1) is 0 Å². The molecular weight excluding hydrogens is 271 g/mol. The van der Waals surface area contributed by atoms with Gasteiger partial charge in [-0.2, -0.15) is 9.49 Å². The van der Waals surface area contributed by atoms with Crippen LogP contribution in [-0.4, -0.2) is 20.0 Å². The standard InChI is InChI=1S/C14H11FN2O2.C2H6/c1-8-6-9(18)3-5-13(8)17-14(15)11-7-10(19)2-4-12(11)16-17;1-2/h2-7,18-19H,1H3;1-2H3. The Morgan fingerprint density at radius 3 is 2.29 bits per heavy atom. The minimum atomic E-state index is -0.542. The van der Waals surface area contributed by atoms with Gasteiger partial charge in [0.1, 0.15) is 11.5 Å². The van der Waals surface area contributed by atoms with E-state index in [9.17, 15) is 14.6 Å². The van der Waals surface area contributed by atoms with Crippen LogP contribution in [0.3, 0.4) is 0 Å². The molecule has 21 heavy (non-hydrogen) atoms. The average Bonchev–Trinajstić information content (AvgIpc) is 2.78. The van der Waals surface area contributed by atoms with Gasteiger partial charge in [-0.25, -0.2) is 4.68 Å². The van der Waals surface area contributed by atoms with Crippen molar-refractivity contribution in [1.82, 2.24) is 9.78 Å². The van der Waals surface area contributed by atoms with Crippen LogP contribution in [0.5, 0.6) is 11.5 Å². The van der Waals surface area contributed by atoms with Crippen LogP contribution in [0.4, 0.5) is 4.39 Å². The second-order valence-electron chi connectivity index (χ2n) is 4.37. The third-order valence-corrected chi connectivity index (χ3v) is 3.00. The zero-order valence-electron chi connectivity index (χ0n) is 12.1. The summed E-state index contributed by atoms with van der Waals surface area (Å²) in [5.41, 5.74) is 1.71. The lowest BCUT2D eigenvalue weighted by molar-refractivity contribution is 0.474. The van der Waals surface area contributed by atoms with Gasteiger partial charge in [0.15, 0.2) is 0 Å². The summed E-state index contributed by atoms with van der Waals surface area (Å²) in [4.78, 5) is 0. The van der Waals surface area contributed by atoms with Crippen molar-refractivity contribution in [3.8, 4) is 17.2 Å². The van der Waals surface area contributed by atoms with Crippen molar-refractivity contribution in [2.24, 2.45) is 0 Å². The largest absolute Gasteiger partial charge is 0.508 e. The Labute approximate surface area is 122 Å². The van der Waals surface area contributed by atoms with Crippen molar-refractivity contribution in [2.45, 2.75) is 20.8 Å². The molecule has 0 spiro atoms. The van der Waals surface area contributed by atoms with Gasteiger partial charge in [0.05, 0.1) is 16.6 Å². The molecule has 0 atom stereocenters. The van der Waals surface area contributed by atoms with Crippen LogP contribution in [0.15, 0.2) is 36.4 Å². The molecule has 0 fully saturated rings. The quantitative estimate of drug-likeness (QED) is 0.713. The Morgan fingerprint density at radius 1 is 1.00 bits per heavy atom. The number of phenolic OH excluding ortho intramolecular Hbond substituents is 2. The number of aromatic hydroxyl groups is 2. The lowest BCUT2D eigenvalue weighted by Crippen LogP contribution is -2.01. The van der Waals surface area contributed by atoms with Crippen molar-refractivity contribution in [3.05, 3.63) is 47.9 Å². The Balaban J connectivity index is 0.000000774. The van der Waals surface area contributed by atoms with Gasteiger partial charge in [0.2, 0.25) is 5.95 Å². The van der Waals surface area contributed by atoms with E-state index in [2.05, 4.69) is 5.10 Å². The van der Waals surface area contributed by atoms with Crippen molar-refractivity contribution in [1.29, 1.82) is 0 Å². The molecule has 5 heteroatoms. The molecule has 1 aromatic heterocycles. The molecule has 0 aliphatic rings. The number of aryl methyl sites for hydroxylation is 1. The highest BCUT2D eigenvalue weighted by Crippen LogP contribution is 2.26. The van der Waals surface area contributed by atoms with Crippen LogP contribution in [0.1, 0.15) is 19.4 Å². The summed E-state index contributed by atoms with van der Waals surface area (Å²) in [5.74, 6) is -0.427. The minimum Gasteiger partial charge on any atom is -0.508 e. The van der Waals surface area contributed by atoms with Crippen LogP contribution < -0.4 is 0 Å². The molecule has 0 unspecified atom stereocenters. The first-order valence-electron chi connectivity index (χ1n) is 6.73. The van der Waals surface area contributed by atoms with Crippen molar-refractivity contribution in [2.75, 3.05) is 0 Å². The summed E-state index contributed by atoms with van der Waals surface area (Å²) in [6.45, 7) is 5.76. The van der Waals surface area contributed by atoms with Gasteiger partial charge in [0, 0.05) is 0 Å².